The van der Waals surface area contributed by atoms with Crippen molar-refractivity contribution in [2.24, 2.45) is 11.8 Å². The number of carbonyl (C=O) groups is 1. The van der Waals surface area contributed by atoms with E-state index in [0.717, 1.165) is 53.5 Å². The molecule has 3 atom stereocenters. The lowest BCUT2D eigenvalue weighted by molar-refractivity contribution is 0.121. The van der Waals surface area contributed by atoms with Gasteiger partial charge in [-0.15, -0.1) is 5.48 Å². The van der Waals surface area contributed by atoms with Gasteiger partial charge in [0.05, 0.1) is 27.4 Å². The molecule has 3 aromatic rings. The number of anilines is 1. The molecule has 0 aromatic carbocycles. The minimum absolute atomic E-state index is 0.407. The molecule has 2 aliphatic heterocycles. The number of hydrogen-bond donors (Lipinski definition) is 2. The number of halogens is 1. The Labute approximate surface area is 221 Å². The molecule has 9 nitrogen and oxygen atoms in total. The Morgan fingerprint density at radius 1 is 1.03 bits per heavy atom. The summed E-state index contributed by atoms with van der Waals surface area (Å²) in [5.74, 6) is 2.39. The van der Waals surface area contributed by atoms with Gasteiger partial charge in [-0.1, -0.05) is 31.4 Å². The minimum atomic E-state index is -0.569. The third kappa shape index (κ3) is 4.63. The molecule has 0 bridgehead atoms. The molecule has 1 aliphatic carbocycles. The number of amides is 1. The van der Waals surface area contributed by atoms with Crippen molar-refractivity contribution >= 4 is 34.7 Å². The molecule has 37 heavy (non-hydrogen) atoms. The van der Waals surface area contributed by atoms with Gasteiger partial charge in [0.1, 0.15) is 0 Å². The number of carbonyl (C=O) groups excluding carboxylic acids is 1. The highest BCUT2D eigenvalue weighted by Gasteiger charge is 2.34. The van der Waals surface area contributed by atoms with Gasteiger partial charge in [0.25, 0.3) is 0 Å². The van der Waals surface area contributed by atoms with E-state index in [1.54, 1.807) is 12.4 Å². The number of aromatic nitrogens is 4. The Kier molecular flexibility index (Phi) is 6.44. The highest BCUT2D eigenvalue weighted by molar-refractivity contribution is 6.30. The summed E-state index contributed by atoms with van der Waals surface area (Å²) in [5.41, 5.74) is 6.75. The maximum Gasteiger partial charge on any atom is 0.427 e. The maximum absolute atomic E-state index is 11.8. The molecule has 3 aromatic heterocycles. The molecule has 1 amide bonds. The highest BCUT2D eigenvalue weighted by atomic mass is 35.5. The lowest BCUT2D eigenvalue weighted by Crippen LogP contribution is -2.35. The molecule has 2 saturated heterocycles. The fourth-order valence-electron chi connectivity index (χ4n) is 6.21. The van der Waals surface area contributed by atoms with Gasteiger partial charge < -0.3 is 14.3 Å². The van der Waals surface area contributed by atoms with E-state index < -0.39 is 12.3 Å². The van der Waals surface area contributed by atoms with Crippen molar-refractivity contribution in [3.05, 3.63) is 35.2 Å². The van der Waals surface area contributed by atoms with Crippen LogP contribution in [0.1, 0.15) is 71.2 Å². The largest absolute Gasteiger partial charge is 0.427 e. The Morgan fingerprint density at radius 2 is 1.78 bits per heavy atom. The topological polar surface area (TPSA) is 97.2 Å². The monoisotopic (exact) mass is 523 g/mol. The summed E-state index contributed by atoms with van der Waals surface area (Å²) in [6.45, 7) is 7.84. The summed E-state index contributed by atoms with van der Waals surface area (Å²) in [7, 11) is 0. The Balaban J connectivity index is 1.55. The number of nitrogens with one attached hydrogen (secondary N) is 2. The van der Waals surface area contributed by atoms with Crippen LogP contribution >= 0.6 is 11.6 Å². The Hall–Kier alpha value is -2.91. The molecular weight excluding hydrogens is 490 g/mol. The van der Waals surface area contributed by atoms with Crippen molar-refractivity contribution in [1.29, 1.82) is 0 Å². The van der Waals surface area contributed by atoms with E-state index in [2.05, 4.69) is 46.0 Å². The van der Waals surface area contributed by atoms with Gasteiger partial charge in [-0.05, 0) is 63.5 Å². The second-order valence-electron chi connectivity index (χ2n) is 11.1. The van der Waals surface area contributed by atoms with E-state index in [1.165, 1.54) is 25.7 Å². The van der Waals surface area contributed by atoms with E-state index in [4.69, 9.17) is 26.4 Å². The third-order valence-electron chi connectivity index (χ3n) is 8.29. The zero-order valence-corrected chi connectivity index (χ0v) is 22.3. The van der Waals surface area contributed by atoms with Crippen LogP contribution in [0.4, 0.5) is 10.7 Å². The highest BCUT2D eigenvalue weighted by Crippen LogP contribution is 2.39. The van der Waals surface area contributed by atoms with Crippen molar-refractivity contribution in [1.82, 2.24) is 30.3 Å². The lowest BCUT2D eigenvalue weighted by Gasteiger charge is -2.31. The van der Waals surface area contributed by atoms with Gasteiger partial charge in [0.2, 0.25) is 5.95 Å². The summed E-state index contributed by atoms with van der Waals surface area (Å²) in [5, 5.41) is 3.31. The zero-order chi connectivity index (χ0) is 25.7. The molecule has 5 heterocycles. The molecular formula is C27H34ClN7O2. The molecule has 196 valence electrons. The van der Waals surface area contributed by atoms with Crippen molar-refractivity contribution in [2.45, 2.75) is 84.1 Å². The van der Waals surface area contributed by atoms with Crippen molar-refractivity contribution in [3.63, 3.8) is 0 Å². The lowest BCUT2D eigenvalue weighted by atomic mass is 9.83. The fraction of sp³-hybridized carbons (Fsp3) is 0.556. The van der Waals surface area contributed by atoms with Gasteiger partial charge >= 0.3 is 6.09 Å². The normalized spacial score (nSPS) is 28.1. The first-order valence-corrected chi connectivity index (χ1v) is 13.8. The molecule has 10 heteroatoms. The first-order valence-electron chi connectivity index (χ1n) is 13.4. The molecule has 3 aliphatic rings. The quantitative estimate of drug-likeness (QED) is 0.449. The van der Waals surface area contributed by atoms with Crippen LogP contribution in [0.25, 0.3) is 22.3 Å². The van der Waals surface area contributed by atoms with Gasteiger partial charge in [-0.25, -0.2) is 14.8 Å². The second kappa shape index (κ2) is 9.76. The average molecular weight is 524 g/mol. The first kappa shape index (κ1) is 24.4. The standard InChI is InChI=1S/C27H34ClN7O2/c1-15-4-8-18(9-5-15)14-34-24-21(31-26(34)35-16(2)6-7-17(35)3)11-22(25-32-27(36)37-33-25)30-23(24)19-10-20(28)13-29-12-19/h10-13,15-18,25,33H,4-9,14H2,1-3H3,(H,32,36)/t15?,16-,17-,18?,25?/m1/s1. The van der Waals surface area contributed by atoms with Gasteiger partial charge in [0, 0.05) is 36.6 Å². The number of imidazole rings is 1. The van der Waals surface area contributed by atoms with E-state index in [-0.39, 0.29) is 0 Å². The van der Waals surface area contributed by atoms with Crippen LogP contribution in [0.15, 0.2) is 24.5 Å². The van der Waals surface area contributed by atoms with Gasteiger partial charge in [0.15, 0.2) is 6.17 Å². The van der Waals surface area contributed by atoms with Crippen LogP contribution in [0.5, 0.6) is 0 Å². The summed E-state index contributed by atoms with van der Waals surface area (Å²) in [6, 6.07) is 4.66. The summed E-state index contributed by atoms with van der Waals surface area (Å²) < 4.78 is 2.40. The van der Waals surface area contributed by atoms with Gasteiger partial charge in [-0.2, -0.15) is 0 Å². The Morgan fingerprint density at radius 3 is 2.46 bits per heavy atom. The smallest absolute Gasteiger partial charge is 0.351 e. The number of nitrogens with zero attached hydrogens (tertiary/aromatic N) is 5. The third-order valence-corrected chi connectivity index (χ3v) is 8.50. The Bertz CT molecular complexity index is 1310. The van der Waals surface area contributed by atoms with E-state index >= 15 is 0 Å². The molecule has 2 N–H and O–H groups in total. The van der Waals surface area contributed by atoms with E-state index in [1.807, 2.05) is 12.1 Å². The van der Waals surface area contributed by atoms with E-state index in [0.29, 0.717) is 28.7 Å². The molecule has 1 saturated carbocycles. The molecule has 3 fully saturated rings. The van der Waals surface area contributed by atoms with Gasteiger partial charge in [-0.3, -0.25) is 10.3 Å². The second-order valence-corrected chi connectivity index (χ2v) is 11.5. The van der Waals surface area contributed by atoms with Crippen LogP contribution in [0, 0.1) is 11.8 Å². The first-order chi connectivity index (χ1) is 17.9. The number of fused-ring (bicyclic) bond motifs is 1. The van der Waals surface area contributed by atoms with Crippen LogP contribution in [-0.4, -0.2) is 37.7 Å². The predicted molar refractivity (Wildman–Crippen MR) is 143 cm³/mol. The van der Waals surface area contributed by atoms with Crippen molar-refractivity contribution in [3.8, 4) is 11.3 Å². The predicted octanol–water partition coefficient (Wildman–Crippen LogP) is 5.59. The number of rotatable bonds is 5. The van der Waals surface area contributed by atoms with Crippen LogP contribution in [0.3, 0.4) is 0 Å². The molecule has 0 radical (unpaired) electrons. The molecule has 1 unspecified atom stereocenters. The summed E-state index contributed by atoms with van der Waals surface area (Å²) in [6.07, 6.45) is 9.59. The number of hydroxylamine groups is 1. The zero-order valence-electron chi connectivity index (χ0n) is 21.6. The fourth-order valence-corrected chi connectivity index (χ4v) is 6.38. The maximum atomic E-state index is 11.8. The average Bonchev–Trinajstić information content (AvgIpc) is 3.56. The SMILES string of the molecule is CC1CCC(Cn2c(N3[C@H](C)CC[C@H]3C)nc3cc(C4NOC(=O)N4)nc(-c4cncc(Cl)c4)c32)CC1. The number of pyridine rings is 2. The van der Waals surface area contributed by atoms with Crippen molar-refractivity contribution in [2.75, 3.05) is 4.90 Å². The molecule has 0 spiro atoms. The van der Waals surface area contributed by atoms with Crippen LogP contribution in [-0.2, 0) is 11.4 Å². The van der Waals surface area contributed by atoms with E-state index in [9.17, 15) is 4.79 Å². The van der Waals surface area contributed by atoms with Crippen LogP contribution in [0.2, 0.25) is 5.02 Å². The van der Waals surface area contributed by atoms with Crippen LogP contribution < -0.4 is 15.7 Å². The summed E-state index contributed by atoms with van der Waals surface area (Å²) >= 11 is 6.38. The summed E-state index contributed by atoms with van der Waals surface area (Å²) in [4.78, 5) is 33.8. The minimum Gasteiger partial charge on any atom is -0.351 e. The number of hydrogen-bond acceptors (Lipinski definition) is 7. The van der Waals surface area contributed by atoms with Crippen molar-refractivity contribution < 1.29 is 9.63 Å². The molecule has 6 rings (SSSR count).